The molecule has 186 valence electrons. The highest BCUT2D eigenvalue weighted by Crippen LogP contribution is 2.26. The molecule has 0 aliphatic rings. The number of hydrazone groups is 1. The molecule has 0 unspecified atom stereocenters. The molecule has 7 nitrogen and oxygen atoms in total. The van der Waals surface area contributed by atoms with E-state index >= 15 is 0 Å². The molecule has 0 saturated heterocycles. The van der Waals surface area contributed by atoms with E-state index in [1.165, 1.54) is 24.4 Å². The van der Waals surface area contributed by atoms with Gasteiger partial charge in [0.25, 0.3) is 5.91 Å². The van der Waals surface area contributed by atoms with Crippen molar-refractivity contribution in [3.05, 3.63) is 91.9 Å². The van der Waals surface area contributed by atoms with Gasteiger partial charge in [-0.3, -0.25) is 9.59 Å². The summed E-state index contributed by atoms with van der Waals surface area (Å²) in [5.74, 6) is -1.04. The third kappa shape index (κ3) is 7.40. The first-order chi connectivity index (χ1) is 16.9. The molecule has 0 radical (unpaired) electrons. The van der Waals surface area contributed by atoms with Crippen LogP contribution in [0, 0.1) is 5.41 Å². The van der Waals surface area contributed by atoms with Crippen LogP contribution in [0.3, 0.4) is 0 Å². The summed E-state index contributed by atoms with van der Waals surface area (Å²) in [5, 5.41) is 7.34. The number of hydrogen-bond acceptors (Lipinski definition) is 5. The number of nitrogens with one attached hydrogen (secondary N) is 2. The van der Waals surface area contributed by atoms with E-state index in [1.807, 2.05) is 20.8 Å². The first-order valence-corrected chi connectivity index (χ1v) is 12.2. The van der Waals surface area contributed by atoms with E-state index in [4.69, 9.17) is 27.9 Å². The zero-order valence-corrected chi connectivity index (χ0v) is 22.7. The number of amides is 2. The molecule has 0 aromatic heterocycles. The van der Waals surface area contributed by atoms with Crippen molar-refractivity contribution in [3.8, 4) is 5.75 Å². The second kappa shape index (κ2) is 11.7. The van der Waals surface area contributed by atoms with Crippen molar-refractivity contribution in [2.75, 3.05) is 5.32 Å². The Labute approximate surface area is 227 Å². The summed E-state index contributed by atoms with van der Waals surface area (Å²) in [6.07, 6.45) is 1.35. The first kappa shape index (κ1) is 27.4. The van der Waals surface area contributed by atoms with Gasteiger partial charge < -0.3 is 10.1 Å². The van der Waals surface area contributed by atoms with Crippen LogP contribution in [-0.4, -0.2) is 24.0 Å². The lowest BCUT2D eigenvalue weighted by Gasteiger charge is -2.17. The average molecular weight is 591 g/mol. The fraction of sp³-hybridized carbons (Fsp3) is 0.154. The molecule has 0 fully saturated rings. The summed E-state index contributed by atoms with van der Waals surface area (Å²) in [5.41, 5.74) is 3.41. The maximum atomic E-state index is 12.6. The lowest BCUT2D eigenvalue weighted by molar-refractivity contribution is -0.123. The van der Waals surface area contributed by atoms with Crippen LogP contribution in [0.4, 0.5) is 5.69 Å². The Balaban J connectivity index is 1.68. The summed E-state index contributed by atoms with van der Waals surface area (Å²) in [6.45, 7) is 5.44. The van der Waals surface area contributed by atoms with Gasteiger partial charge in [0, 0.05) is 31.7 Å². The molecule has 3 rings (SSSR count). The molecule has 0 saturated carbocycles. The van der Waals surface area contributed by atoms with Crippen LogP contribution in [0.5, 0.6) is 5.75 Å². The number of carbonyl (C=O) groups is 3. The topological polar surface area (TPSA) is 96.9 Å². The van der Waals surface area contributed by atoms with Crippen molar-refractivity contribution >= 4 is 68.8 Å². The van der Waals surface area contributed by atoms with Crippen LogP contribution in [0.2, 0.25) is 10.0 Å². The minimum Gasteiger partial charge on any atom is -0.422 e. The van der Waals surface area contributed by atoms with Gasteiger partial charge in [0.1, 0.15) is 5.75 Å². The molecule has 0 heterocycles. The highest BCUT2D eigenvalue weighted by molar-refractivity contribution is 9.10. The number of anilines is 1. The van der Waals surface area contributed by atoms with Crippen LogP contribution in [0.1, 0.15) is 47.1 Å². The summed E-state index contributed by atoms with van der Waals surface area (Å²) >= 11 is 15.3. The van der Waals surface area contributed by atoms with Crippen molar-refractivity contribution in [2.24, 2.45) is 10.5 Å². The highest BCUT2D eigenvalue weighted by Gasteiger charge is 2.21. The van der Waals surface area contributed by atoms with Gasteiger partial charge in [-0.05, 0) is 60.7 Å². The minimum atomic E-state index is -0.670. The van der Waals surface area contributed by atoms with Crippen molar-refractivity contribution in [1.29, 1.82) is 0 Å². The summed E-state index contributed by atoms with van der Waals surface area (Å²) in [6, 6.07) is 15.8. The number of ether oxygens (including phenoxy) is 1. The third-order valence-electron chi connectivity index (χ3n) is 4.78. The van der Waals surface area contributed by atoms with Gasteiger partial charge in [-0.1, -0.05) is 59.9 Å². The van der Waals surface area contributed by atoms with Gasteiger partial charge in [-0.2, -0.15) is 5.10 Å². The van der Waals surface area contributed by atoms with Crippen molar-refractivity contribution in [3.63, 3.8) is 0 Å². The Bertz CT molecular complexity index is 1340. The Morgan fingerprint density at radius 3 is 2.31 bits per heavy atom. The number of esters is 1. The smallest absolute Gasteiger partial charge is 0.345 e. The maximum Gasteiger partial charge on any atom is 0.345 e. The molecule has 0 aliphatic carbocycles. The molecule has 3 aromatic carbocycles. The van der Waals surface area contributed by atoms with Crippen molar-refractivity contribution in [2.45, 2.75) is 20.8 Å². The summed E-state index contributed by atoms with van der Waals surface area (Å²) in [7, 11) is 0. The number of halogens is 3. The normalized spacial score (nSPS) is 11.3. The molecule has 3 aromatic rings. The summed E-state index contributed by atoms with van der Waals surface area (Å²) in [4.78, 5) is 37.2. The van der Waals surface area contributed by atoms with Gasteiger partial charge in [0.2, 0.25) is 5.91 Å². The van der Waals surface area contributed by atoms with E-state index in [2.05, 4.69) is 31.8 Å². The second-order valence-electron chi connectivity index (χ2n) is 8.68. The number of hydrogen-bond donors (Lipinski definition) is 2. The fourth-order valence-electron chi connectivity index (χ4n) is 2.77. The fourth-order valence-corrected chi connectivity index (χ4v) is 3.64. The standard InChI is InChI=1S/C26H22BrCl2N3O4/c1-26(2,3)25(35)31-19-8-4-15(5-9-19)23(33)32-30-14-16-12-17(27)6-11-22(16)36-24(34)20-10-7-18(28)13-21(20)29/h4-14H,1-3H3,(H,31,35)(H,32,33)/b30-14-. The lowest BCUT2D eigenvalue weighted by atomic mass is 9.95. The molecule has 0 atom stereocenters. The molecular weight excluding hydrogens is 569 g/mol. The van der Waals surface area contributed by atoms with Gasteiger partial charge in [-0.15, -0.1) is 0 Å². The van der Waals surface area contributed by atoms with Crippen LogP contribution in [-0.2, 0) is 4.79 Å². The molecule has 36 heavy (non-hydrogen) atoms. The predicted molar refractivity (Wildman–Crippen MR) is 145 cm³/mol. The predicted octanol–water partition coefficient (Wildman–Crippen LogP) is 6.72. The SMILES string of the molecule is CC(C)(C)C(=O)Nc1ccc(C(=O)N/N=C\c2cc(Br)ccc2OC(=O)c2ccc(Cl)cc2Cl)cc1. The van der Waals surface area contributed by atoms with Crippen LogP contribution in [0.15, 0.2) is 70.2 Å². The zero-order valence-electron chi connectivity index (χ0n) is 19.6. The van der Waals surface area contributed by atoms with Gasteiger partial charge in [0.05, 0.1) is 16.8 Å². The van der Waals surface area contributed by atoms with Gasteiger partial charge in [0.15, 0.2) is 0 Å². The Hall–Kier alpha value is -3.20. The van der Waals surface area contributed by atoms with Crippen LogP contribution in [0.25, 0.3) is 0 Å². The molecular formula is C26H22BrCl2N3O4. The zero-order chi connectivity index (χ0) is 26.5. The van der Waals surface area contributed by atoms with E-state index in [1.54, 1.807) is 42.5 Å². The van der Waals surface area contributed by atoms with Gasteiger partial charge in [-0.25, -0.2) is 10.2 Å². The molecule has 0 bridgehead atoms. The lowest BCUT2D eigenvalue weighted by Crippen LogP contribution is -2.27. The van der Waals surface area contributed by atoms with Crippen molar-refractivity contribution in [1.82, 2.24) is 5.43 Å². The van der Waals surface area contributed by atoms with E-state index in [0.29, 0.717) is 26.3 Å². The number of carbonyl (C=O) groups excluding carboxylic acids is 3. The van der Waals surface area contributed by atoms with E-state index in [0.717, 1.165) is 0 Å². The minimum absolute atomic E-state index is 0.131. The van der Waals surface area contributed by atoms with E-state index in [9.17, 15) is 14.4 Å². The molecule has 2 amide bonds. The Kier molecular flexibility index (Phi) is 8.89. The summed E-state index contributed by atoms with van der Waals surface area (Å²) < 4.78 is 6.21. The van der Waals surface area contributed by atoms with Gasteiger partial charge >= 0.3 is 5.97 Å². The number of rotatable bonds is 6. The molecule has 10 heteroatoms. The van der Waals surface area contributed by atoms with E-state index < -0.39 is 17.3 Å². The highest BCUT2D eigenvalue weighted by atomic mass is 79.9. The third-order valence-corrected chi connectivity index (χ3v) is 5.82. The van der Waals surface area contributed by atoms with Crippen LogP contribution < -0.4 is 15.5 Å². The first-order valence-electron chi connectivity index (χ1n) is 10.7. The molecule has 0 spiro atoms. The number of nitrogens with zero attached hydrogens (tertiary/aromatic N) is 1. The monoisotopic (exact) mass is 589 g/mol. The Morgan fingerprint density at radius 1 is 0.972 bits per heavy atom. The van der Waals surface area contributed by atoms with Crippen molar-refractivity contribution < 1.29 is 19.1 Å². The molecule has 0 aliphatic heterocycles. The average Bonchev–Trinajstić information content (AvgIpc) is 2.80. The second-order valence-corrected chi connectivity index (χ2v) is 10.4. The largest absolute Gasteiger partial charge is 0.422 e. The Morgan fingerprint density at radius 2 is 1.67 bits per heavy atom. The van der Waals surface area contributed by atoms with Crippen LogP contribution >= 0.6 is 39.1 Å². The maximum absolute atomic E-state index is 12.6. The molecule has 2 N–H and O–H groups in total. The number of benzene rings is 3. The quantitative estimate of drug-likeness (QED) is 0.144. The van der Waals surface area contributed by atoms with E-state index in [-0.39, 0.29) is 22.2 Å².